The Morgan fingerprint density at radius 3 is 2.40 bits per heavy atom. The lowest BCUT2D eigenvalue weighted by Crippen LogP contribution is -2.18. The second-order valence-corrected chi connectivity index (χ2v) is 8.94. The maximum atomic E-state index is 6.36. The van der Waals surface area contributed by atoms with Crippen molar-refractivity contribution in [3.63, 3.8) is 0 Å². The van der Waals surface area contributed by atoms with Crippen molar-refractivity contribution in [1.29, 1.82) is 0 Å². The maximum absolute atomic E-state index is 6.36. The van der Waals surface area contributed by atoms with Gasteiger partial charge in [-0.1, -0.05) is 69.5 Å². The van der Waals surface area contributed by atoms with Crippen molar-refractivity contribution in [1.82, 2.24) is 0 Å². The minimum absolute atomic E-state index is 0.125. The molecule has 0 spiro atoms. The van der Waals surface area contributed by atoms with Crippen molar-refractivity contribution in [2.75, 3.05) is 5.01 Å². The average molecular weight is 452 g/mol. The Morgan fingerprint density at radius 1 is 1.04 bits per heavy atom. The minimum Gasteiger partial charge on any atom is -0.257 e. The molecule has 0 N–H and O–H groups in total. The Morgan fingerprint density at radius 2 is 1.76 bits per heavy atom. The minimum atomic E-state index is 0.125. The van der Waals surface area contributed by atoms with Crippen LogP contribution in [0.25, 0.3) is 0 Å². The van der Waals surface area contributed by atoms with Gasteiger partial charge >= 0.3 is 0 Å². The Kier molecular flexibility index (Phi) is 4.87. The molecule has 0 amide bonds. The van der Waals surface area contributed by atoms with Crippen LogP contribution in [0.5, 0.6) is 0 Å². The number of nitrogens with zero attached hydrogens (tertiary/aromatic N) is 2. The molecule has 126 valence electrons. The molecule has 2 heterocycles. The molecular weight excluding hydrogens is 439 g/mol. The fraction of sp³-hybridized carbons (Fsp3) is 0.105. The molecule has 4 rings (SSSR count). The molecule has 1 unspecified atom stereocenters. The van der Waals surface area contributed by atoms with Gasteiger partial charge in [0.2, 0.25) is 0 Å². The number of anilines is 1. The van der Waals surface area contributed by atoms with Crippen LogP contribution in [0, 0.1) is 0 Å². The van der Waals surface area contributed by atoms with Crippen LogP contribution in [-0.4, -0.2) is 5.71 Å². The molecule has 25 heavy (non-hydrogen) atoms. The zero-order chi connectivity index (χ0) is 17.4. The molecule has 2 aromatic carbocycles. The van der Waals surface area contributed by atoms with Gasteiger partial charge in [-0.15, -0.1) is 11.3 Å². The fourth-order valence-electron chi connectivity index (χ4n) is 2.97. The lowest BCUT2D eigenvalue weighted by Gasteiger charge is -2.24. The van der Waals surface area contributed by atoms with Crippen LogP contribution in [0.15, 0.2) is 70.2 Å². The van der Waals surface area contributed by atoms with E-state index in [-0.39, 0.29) is 6.04 Å². The van der Waals surface area contributed by atoms with Crippen LogP contribution in [0.2, 0.25) is 8.67 Å². The average Bonchev–Trinajstić information content (AvgIpc) is 3.19. The number of rotatable bonds is 3. The molecule has 0 bridgehead atoms. The lowest BCUT2D eigenvalue weighted by molar-refractivity contribution is 0.709. The van der Waals surface area contributed by atoms with E-state index in [4.69, 9.17) is 28.3 Å². The van der Waals surface area contributed by atoms with Crippen LogP contribution in [-0.2, 0) is 0 Å². The van der Waals surface area contributed by atoms with Crippen molar-refractivity contribution in [3.05, 3.63) is 84.9 Å². The number of hydrazone groups is 1. The predicted octanol–water partition coefficient (Wildman–Crippen LogP) is 7.17. The first-order valence-corrected chi connectivity index (χ1v) is 10.1. The van der Waals surface area contributed by atoms with Gasteiger partial charge < -0.3 is 0 Å². The quantitative estimate of drug-likeness (QED) is 0.411. The Balaban J connectivity index is 1.76. The summed E-state index contributed by atoms with van der Waals surface area (Å²) < 4.78 is 2.43. The number of halogens is 3. The standard InChI is InChI=1S/C19H13BrCl2N2S/c20-13-8-6-12(7-9-13)17-11-16(15-10-18(21)25-19(15)22)23-24(17)14-4-2-1-3-5-14/h1-10,17H,11H2. The largest absolute Gasteiger partial charge is 0.257 e. The Hall–Kier alpha value is -1.33. The van der Waals surface area contributed by atoms with Gasteiger partial charge in [0, 0.05) is 16.5 Å². The Bertz CT molecular complexity index is 922. The van der Waals surface area contributed by atoms with Crippen LogP contribution < -0.4 is 5.01 Å². The third-order valence-electron chi connectivity index (χ3n) is 4.15. The highest BCUT2D eigenvalue weighted by atomic mass is 79.9. The van der Waals surface area contributed by atoms with E-state index in [9.17, 15) is 0 Å². The van der Waals surface area contributed by atoms with E-state index in [1.54, 1.807) is 0 Å². The first-order chi connectivity index (χ1) is 12.1. The third-order valence-corrected chi connectivity index (χ3v) is 6.17. The summed E-state index contributed by atoms with van der Waals surface area (Å²) in [6.45, 7) is 0. The molecule has 0 saturated carbocycles. The van der Waals surface area contributed by atoms with E-state index in [1.165, 1.54) is 16.9 Å². The van der Waals surface area contributed by atoms with Gasteiger partial charge in [-0.3, -0.25) is 5.01 Å². The lowest BCUT2D eigenvalue weighted by atomic mass is 9.99. The molecule has 1 aliphatic heterocycles. The predicted molar refractivity (Wildman–Crippen MR) is 111 cm³/mol. The molecule has 0 aliphatic carbocycles. The van der Waals surface area contributed by atoms with Gasteiger partial charge in [-0.25, -0.2) is 0 Å². The number of benzene rings is 2. The highest BCUT2D eigenvalue weighted by Gasteiger charge is 2.31. The normalized spacial score (nSPS) is 17.0. The second kappa shape index (κ2) is 7.12. The van der Waals surface area contributed by atoms with Gasteiger partial charge in [-0.05, 0) is 35.9 Å². The number of hydrogen-bond acceptors (Lipinski definition) is 3. The van der Waals surface area contributed by atoms with Crippen molar-refractivity contribution in [2.24, 2.45) is 5.10 Å². The van der Waals surface area contributed by atoms with Gasteiger partial charge in [0.05, 0.1) is 21.8 Å². The van der Waals surface area contributed by atoms with Crippen LogP contribution in [0.4, 0.5) is 5.69 Å². The van der Waals surface area contributed by atoms with Crippen molar-refractivity contribution >= 4 is 61.9 Å². The van der Waals surface area contributed by atoms with Crippen LogP contribution >= 0.6 is 50.5 Å². The molecule has 0 saturated heterocycles. The van der Waals surface area contributed by atoms with E-state index in [1.807, 2.05) is 24.3 Å². The number of hydrogen-bond donors (Lipinski definition) is 0. The zero-order valence-electron chi connectivity index (χ0n) is 13.0. The van der Waals surface area contributed by atoms with Gasteiger partial charge in [0.25, 0.3) is 0 Å². The third kappa shape index (κ3) is 3.49. The summed E-state index contributed by atoms with van der Waals surface area (Å²) in [5, 5.41) is 6.95. The molecule has 2 nitrogen and oxygen atoms in total. The van der Waals surface area contributed by atoms with Crippen LogP contribution in [0.3, 0.4) is 0 Å². The molecule has 0 fully saturated rings. The molecule has 1 aliphatic rings. The van der Waals surface area contributed by atoms with E-state index in [2.05, 4.69) is 57.3 Å². The highest BCUT2D eigenvalue weighted by molar-refractivity contribution is 9.10. The monoisotopic (exact) mass is 450 g/mol. The Labute approximate surface area is 168 Å². The molecular formula is C19H13BrCl2N2S. The summed E-state index contributed by atoms with van der Waals surface area (Å²) in [5.41, 5.74) is 4.16. The fourth-order valence-corrected chi connectivity index (χ4v) is 4.74. The smallest absolute Gasteiger partial charge is 0.103 e. The van der Waals surface area contributed by atoms with Crippen molar-refractivity contribution < 1.29 is 0 Å². The summed E-state index contributed by atoms with van der Waals surface area (Å²) >= 11 is 17.4. The van der Waals surface area contributed by atoms with E-state index in [0.29, 0.717) is 8.67 Å². The second-order valence-electron chi connectivity index (χ2n) is 5.74. The molecule has 1 atom stereocenters. The summed E-state index contributed by atoms with van der Waals surface area (Å²) in [6.07, 6.45) is 0.781. The topological polar surface area (TPSA) is 15.6 Å². The van der Waals surface area contributed by atoms with Crippen molar-refractivity contribution in [3.8, 4) is 0 Å². The summed E-state index contributed by atoms with van der Waals surface area (Å²) in [5.74, 6) is 0. The maximum Gasteiger partial charge on any atom is 0.103 e. The van der Waals surface area contributed by atoms with E-state index >= 15 is 0 Å². The number of para-hydroxylation sites is 1. The summed E-state index contributed by atoms with van der Waals surface area (Å²) in [7, 11) is 0. The molecule has 1 aromatic heterocycles. The van der Waals surface area contributed by atoms with Gasteiger partial charge in [0.15, 0.2) is 0 Å². The first-order valence-electron chi connectivity index (χ1n) is 7.74. The van der Waals surface area contributed by atoms with E-state index < -0.39 is 0 Å². The van der Waals surface area contributed by atoms with Crippen LogP contribution in [0.1, 0.15) is 23.6 Å². The summed E-state index contributed by atoms with van der Waals surface area (Å²) in [4.78, 5) is 0. The van der Waals surface area contributed by atoms with Crippen molar-refractivity contribution in [2.45, 2.75) is 12.5 Å². The van der Waals surface area contributed by atoms with Gasteiger partial charge in [0.1, 0.15) is 4.34 Å². The number of thiophene rings is 1. The van der Waals surface area contributed by atoms with E-state index in [0.717, 1.165) is 27.9 Å². The SMILES string of the molecule is Clc1cc(C2=NN(c3ccccc3)C(c3ccc(Br)cc3)C2)c(Cl)s1. The molecule has 3 aromatic rings. The molecule has 6 heteroatoms. The van der Waals surface area contributed by atoms with Gasteiger partial charge in [-0.2, -0.15) is 5.10 Å². The molecule has 0 radical (unpaired) electrons. The summed E-state index contributed by atoms with van der Waals surface area (Å²) in [6, 6.07) is 20.6. The zero-order valence-corrected chi connectivity index (χ0v) is 16.9. The highest BCUT2D eigenvalue weighted by Crippen LogP contribution is 2.40. The first kappa shape index (κ1) is 17.1.